The monoisotopic (exact) mass is 667 g/mol. The van der Waals surface area contributed by atoms with Gasteiger partial charge in [0.15, 0.2) is 5.90 Å². The summed E-state index contributed by atoms with van der Waals surface area (Å²) in [6.07, 6.45) is 7.16. The molecule has 0 saturated heterocycles. The van der Waals surface area contributed by atoms with Crippen molar-refractivity contribution in [2.75, 3.05) is 18.2 Å². The molecule has 0 fully saturated rings. The Hall–Kier alpha value is -2.77. The molecule has 4 aromatic rings. The van der Waals surface area contributed by atoms with Crippen LogP contribution in [0.1, 0.15) is 27.7 Å². The van der Waals surface area contributed by atoms with Crippen LogP contribution in [-0.4, -0.2) is 18.2 Å². The van der Waals surface area contributed by atoms with Gasteiger partial charge < -0.3 is 0 Å². The van der Waals surface area contributed by atoms with Gasteiger partial charge in [-0.25, -0.2) is 0 Å². The number of rotatable bonds is 10. The second-order valence-corrected chi connectivity index (χ2v) is 21.0. The molecular formula is C35H40F6P3+. The van der Waals surface area contributed by atoms with E-state index in [1.165, 1.54) is 38.3 Å². The minimum atomic E-state index is -10.7. The fraction of sp³-hybridized carbons (Fsp3) is 0.200. The molecule has 0 amide bonds. The Morgan fingerprint density at radius 2 is 0.659 bits per heavy atom. The van der Waals surface area contributed by atoms with Gasteiger partial charge in [-0.15, -0.1) is 0 Å². The summed E-state index contributed by atoms with van der Waals surface area (Å²) < 4.78 is 59.2. The topological polar surface area (TPSA) is 0 Å². The van der Waals surface area contributed by atoms with Crippen LogP contribution in [0.4, 0.5) is 25.2 Å². The van der Waals surface area contributed by atoms with E-state index < -0.39 is 22.3 Å². The van der Waals surface area contributed by atoms with Crippen molar-refractivity contribution in [1.82, 2.24) is 0 Å². The maximum atomic E-state index is 9.87. The molecule has 9 heteroatoms. The van der Waals surface area contributed by atoms with Crippen LogP contribution >= 0.6 is 22.3 Å². The summed E-state index contributed by atoms with van der Waals surface area (Å²) in [5, 5.41) is 6.03. The van der Waals surface area contributed by atoms with Crippen molar-refractivity contribution in [3.05, 3.63) is 145 Å². The zero-order valence-electron chi connectivity index (χ0n) is 25.4. The molecule has 0 nitrogen and oxygen atoms in total. The molecule has 0 radical (unpaired) electrons. The summed E-state index contributed by atoms with van der Waals surface area (Å²) in [5.41, 5.74) is 2.78. The molecule has 0 aliphatic heterocycles. The molecule has 0 aliphatic rings. The molecule has 0 saturated carbocycles. The van der Waals surface area contributed by atoms with Crippen molar-refractivity contribution in [2.45, 2.75) is 27.7 Å². The van der Waals surface area contributed by atoms with Gasteiger partial charge in [-0.05, 0) is 88.4 Å². The zero-order chi connectivity index (χ0) is 32.6. The van der Waals surface area contributed by atoms with Gasteiger partial charge in [-0.3, -0.25) is 0 Å². The summed E-state index contributed by atoms with van der Waals surface area (Å²) in [4.78, 5) is 0. The van der Waals surface area contributed by atoms with Crippen LogP contribution in [0.15, 0.2) is 145 Å². The molecule has 0 N–H and O–H groups in total. The summed E-state index contributed by atoms with van der Waals surface area (Å²) >= 11 is 0. The van der Waals surface area contributed by atoms with Gasteiger partial charge in [-0.2, -0.15) is 0 Å². The molecule has 236 valence electrons. The number of hydrogen-bond donors (Lipinski definition) is 0. The Morgan fingerprint density at radius 3 is 0.841 bits per heavy atom. The number of benzene rings is 4. The van der Waals surface area contributed by atoms with E-state index in [1.54, 1.807) is 0 Å². The third-order valence-corrected chi connectivity index (χ3v) is 17.7. The van der Waals surface area contributed by atoms with Crippen LogP contribution in [0, 0.1) is 0 Å². The van der Waals surface area contributed by atoms with Crippen LogP contribution in [-0.2, 0) is 0 Å². The first-order chi connectivity index (χ1) is 20.4. The fourth-order valence-corrected chi connectivity index (χ4v) is 17.7. The SMILES string of the molecule is CC(C)=CC[P+](C[P+](CC=C(C)C)(c1ccccc1)c1ccccc1)(c1ccccc1)c1ccccc1.F[P-](F)(F)(F)(F)F. The van der Waals surface area contributed by atoms with Crippen molar-refractivity contribution in [1.29, 1.82) is 0 Å². The Kier molecular flexibility index (Phi) is 11.1. The average Bonchev–Trinajstić information content (AvgIpc) is 2.97. The Balaban J connectivity index is 0.000000676. The van der Waals surface area contributed by atoms with E-state index in [9.17, 15) is 25.2 Å². The van der Waals surface area contributed by atoms with Crippen molar-refractivity contribution in [3.63, 3.8) is 0 Å². The predicted octanol–water partition coefficient (Wildman–Crippen LogP) is 11.6. The second kappa shape index (κ2) is 13.7. The number of halogens is 6. The van der Waals surface area contributed by atoms with Gasteiger partial charge in [0.1, 0.15) is 35.7 Å². The van der Waals surface area contributed by atoms with Crippen molar-refractivity contribution in [3.8, 4) is 0 Å². The first kappa shape index (κ1) is 35.7. The van der Waals surface area contributed by atoms with Crippen LogP contribution in [0.3, 0.4) is 0 Å². The van der Waals surface area contributed by atoms with Crippen LogP contribution < -0.4 is 21.2 Å². The van der Waals surface area contributed by atoms with Crippen molar-refractivity contribution in [2.24, 2.45) is 0 Å². The molecule has 4 rings (SSSR count). The molecule has 0 unspecified atom stereocenters. The molecule has 0 spiro atoms. The number of allylic oxidation sites excluding steroid dienone is 4. The van der Waals surface area contributed by atoms with Gasteiger partial charge in [0.25, 0.3) is 0 Å². The molecule has 0 aromatic heterocycles. The first-order valence-corrected chi connectivity index (χ1v) is 20.6. The van der Waals surface area contributed by atoms with E-state index in [4.69, 9.17) is 0 Å². The van der Waals surface area contributed by atoms with Gasteiger partial charge in [-0.1, -0.05) is 83.9 Å². The molecule has 0 atom stereocenters. The summed E-state index contributed by atoms with van der Waals surface area (Å²) in [5.74, 6) is 1.18. The van der Waals surface area contributed by atoms with Crippen LogP contribution in [0.2, 0.25) is 0 Å². The average molecular weight is 668 g/mol. The third-order valence-electron chi connectivity index (χ3n) is 7.11. The van der Waals surface area contributed by atoms with E-state index in [1.807, 2.05) is 0 Å². The summed E-state index contributed by atoms with van der Waals surface area (Å²) in [6, 6.07) is 45.6. The van der Waals surface area contributed by atoms with Crippen LogP contribution in [0.5, 0.6) is 0 Å². The standard InChI is InChI=1S/C35H40P2.F6P/c1-30(2)25-27-36(32-17-9-5-10-18-32,33-19-11-6-12-20-33)29-37(28-26-31(3)4,34-21-13-7-14-22-34)35-23-15-8-16-24-35;1-7(2,3,4,5)6/h5-26H,27-29H2,1-4H3;/q+2;-1. The fourth-order valence-electron chi connectivity index (χ4n) is 5.10. The van der Waals surface area contributed by atoms with Crippen LogP contribution in [0.25, 0.3) is 0 Å². The van der Waals surface area contributed by atoms with E-state index in [0.717, 1.165) is 12.3 Å². The molecule has 0 heterocycles. The minimum absolute atomic E-state index is 1.08. The molecule has 4 aromatic carbocycles. The van der Waals surface area contributed by atoms with Crippen molar-refractivity contribution >= 4 is 43.6 Å². The molecule has 44 heavy (non-hydrogen) atoms. The second-order valence-electron chi connectivity index (χ2n) is 11.3. The molecule has 0 aliphatic carbocycles. The molecular weight excluding hydrogens is 627 g/mol. The first-order valence-electron chi connectivity index (χ1n) is 14.2. The van der Waals surface area contributed by atoms with E-state index in [-0.39, 0.29) is 0 Å². The Labute approximate surface area is 258 Å². The predicted molar refractivity (Wildman–Crippen MR) is 185 cm³/mol. The van der Waals surface area contributed by atoms with Gasteiger partial charge in [0, 0.05) is 0 Å². The number of hydrogen-bond acceptors (Lipinski definition) is 0. The zero-order valence-corrected chi connectivity index (χ0v) is 28.1. The quantitative estimate of drug-likeness (QED) is 0.0897. The van der Waals surface area contributed by atoms with Crippen molar-refractivity contribution < 1.29 is 25.2 Å². The van der Waals surface area contributed by atoms with Gasteiger partial charge in [0.05, 0.1) is 12.3 Å². The summed E-state index contributed by atoms with van der Waals surface area (Å²) in [6.45, 7) is 8.96. The Morgan fingerprint density at radius 1 is 0.455 bits per heavy atom. The Bertz CT molecular complexity index is 1330. The van der Waals surface area contributed by atoms with E-state index in [2.05, 4.69) is 161 Å². The van der Waals surface area contributed by atoms with E-state index in [0.29, 0.717) is 0 Å². The summed E-state index contributed by atoms with van der Waals surface area (Å²) in [7, 11) is -14.3. The maximum absolute atomic E-state index is 10.7. The molecule has 0 bridgehead atoms. The third kappa shape index (κ3) is 11.3. The van der Waals surface area contributed by atoms with Gasteiger partial charge >= 0.3 is 33.0 Å². The van der Waals surface area contributed by atoms with Gasteiger partial charge in [0.2, 0.25) is 0 Å². The normalized spacial score (nSPS) is 13.4. The van der Waals surface area contributed by atoms with E-state index >= 15 is 0 Å².